The van der Waals surface area contributed by atoms with Gasteiger partial charge in [-0.05, 0) is 37.1 Å². The Labute approximate surface area is 152 Å². The fourth-order valence-electron chi connectivity index (χ4n) is 3.51. The second-order valence-electron chi connectivity index (χ2n) is 6.96. The maximum Gasteiger partial charge on any atom is 0.230 e. The maximum atomic E-state index is 12.5. The number of benzene rings is 1. The Morgan fingerprint density at radius 2 is 2.04 bits per heavy atom. The largest absolute Gasteiger partial charge is 0.458 e. The van der Waals surface area contributed by atoms with Crippen LogP contribution in [0.3, 0.4) is 0 Å². The molecule has 0 spiro atoms. The molecule has 1 atom stereocenters. The number of nitrogens with one attached hydrogen (secondary N) is 1. The van der Waals surface area contributed by atoms with Gasteiger partial charge in [0.25, 0.3) is 0 Å². The molecule has 6 heteroatoms. The van der Waals surface area contributed by atoms with E-state index in [1.807, 2.05) is 37.3 Å². The zero-order chi connectivity index (χ0) is 18.1. The van der Waals surface area contributed by atoms with Crippen molar-refractivity contribution >= 4 is 17.5 Å². The molecule has 2 heterocycles. The topological polar surface area (TPSA) is 67.9 Å². The lowest BCUT2D eigenvalue weighted by Crippen LogP contribution is -2.34. The van der Waals surface area contributed by atoms with Crippen molar-refractivity contribution in [1.82, 2.24) is 5.32 Å². The Hall–Kier alpha value is -2.76. The van der Waals surface area contributed by atoms with Crippen molar-refractivity contribution < 1.29 is 19.1 Å². The van der Waals surface area contributed by atoms with Crippen LogP contribution in [-0.4, -0.2) is 31.7 Å². The number of hydrogen-bond acceptors (Lipinski definition) is 4. The van der Waals surface area contributed by atoms with E-state index in [9.17, 15) is 9.59 Å². The van der Waals surface area contributed by atoms with E-state index >= 15 is 0 Å². The molecule has 26 heavy (non-hydrogen) atoms. The SMILES string of the molecule is Cc1ccc(N2C[C@H](C(=O)NCC3=CC4=C(CC3)OCO4)CC2=O)cc1. The summed E-state index contributed by atoms with van der Waals surface area (Å²) in [6, 6.07) is 7.80. The molecule has 1 aromatic carbocycles. The Morgan fingerprint density at radius 1 is 1.23 bits per heavy atom. The van der Waals surface area contributed by atoms with Crippen molar-refractivity contribution in [1.29, 1.82) is 0 Å². The molecule has 0 radical (unpaired) electrons. The zero-order valence-corrected chi connectivity index (χ0v) is 14.8. The van der Waals surface area contributed by atoms with Gasteiger partial charge in [-0.25, -0.2) is 0 Å². The third kappa shape index (κ3) is 3.31. The highest BCUT2D eigenvalue weighted by Crippen LogP contribution is 2.30. The molecule has 2 aliphatic heterocycles. The summed E-state index contributed by atoms with van der Waals surface area (Å²) in [5.74, 6) is 1.29. The number of nitrogens with zero attached hydrogens (tertiary/aromatic N) is 1. The second-order valence-corrected chi connectivity index (χ2v) is 6.96. The van der Waals surface area contributed by atoms with Crippen molar-refractivity contribution in [3.8, 4) is 0 Å². The normalized spacial score (nSPS) is 21.9. The van der Waals surface area contributed by atoms with Gasteiger partial charge in [-0.2, -0.15) is 0 Å². The quantitative estimate of drug-likeness (QED) is 0.902. The summed E-state index contributed by atoms with van der Waals surface area (Å²) in [7, 11) is 0. The lowest BCUT2D eigenvalue weighted by molar-refractivity contribution is -0.126. The molecule has 3 aliphatic rings. The second kappa shape index (κ2) is 6.86. The van der Waals surface area contributed by atoms with E-state index in [-0.39, 0.29) is 30.9 Å². The molecule has 6 nitrogen and oxygen atoms in total. The van der Waals surface area contributed by atoms with Gasteiger partial charge in [0.15, 0.2) is 5.76 Å². The smallest absolute Gasteiger partial charge is 0.230 e. The van der Waals surface area contributed by atoms with E-state index < -0.39 is 0 Å². The third-order valence-corrected chi connectivity index (χ3v) is 5.06. The molecular weight excluding hydrogens is 332 g/mol. The maximum absolute atomic E-state index is 12.5. The first-order valence-corrected chi connectivity index (χ1v) is 8.93. The molecule has 1 N–H and O–H groups in total. The van der Waals surface area contributed by atoms with Gasteiger partial charge in [0.05, 0.1) is 5.92 Å². The van der Waals surface area contributed by atoms with Gasteiger partial charge in [-0.3, -0.25) is 9.59 Å². The minimum atomic E-state index is -0.311. The van der Waals surface area contributed by atoms with Crippen molar-refractivity contribution in [2.75, 3.05) is 24.8 Å². The van der Waals surface area contributed by atoms with E-state index in [2.05, 4.69) is 5.32 Å². The van der Waals surface area contributed by atoms with Gasteiger partial charge in [0.2, 0.25) is 18.6 Å². The number of ether oxygens (including phenoxy) is 2. The zero-order valence-electron chi connectivity index (χ0n) is 14.8. The molecule has 1 aliphatic carbocycles. The van der Waals surface area contributed by atoms with Gasteiger partial charge in [-0.1, -0.05) is 17.7 Å². The van der Waals surface area contributed by atoms with Crippen molar-refractivity contribution in [3.05, 3.63) is 53.0 Å². The molecule has 1 aromatic rings. The van der Waals surface area contributed by atoms with Crippen LogP contribution in [-0.2, 0) is 19.1 Å². The Kier molecular flexibility index (Phi) is 4.41. The highest BCUT2D eigenvalue weighted by atomic mass is 16.7. The number of rotatable bonds is 4. The first kappa shape index (κ1) is 16.7. The van der Waals surface area contributed by atoms with Gasteiger partial charge >= 0.3 is 0 Å². The lowest BCUT2D eigenvalue weighted by Gasteiger charge is -2.17. The minimum absolute atomic E-state index is 0.00260. The molecule has 1 fully saturated rings. The Balaban J connectivity index is 1.34. The van der Waals surface area contributed by atoms with Crippen LogP contribution in [0, 0.1) is 12.8 Å². The highest BCUT2D eigenvalue weighted by molar-refractivity contribution is 6.00. The highest BCUT2D eigenvalue weighted by Gasteiger charge is 2.35. The molecular formula is C20H22N2O4. The molecule has 0 unspecified atom stereocenters. The van der Waals surface area contributed by atoms with Gasteiger partial charge in [-0.15, -0.1) is 0 Å². The van der Waals surface area contributed by atoms with Crippen LogP contribution >= 0.6 is 0 Å². The standard InChI is InChI=1S/C20H22N2O4/c1-13-2-5-16(6-3-13)22-11-15(9-19(22)23)20(24)21-10-14-4-7-17-18(8-14)26-12-25-17/h2-3,5-6,8,15H,4,7,9-12H2,1H3,(H,21,24)/t15-/m1/s1. The predicted octanol–water partition coefficient (Wildman–Crippen LogP) is 2.40. The number of carbonyl (C=O) groups is 2. The van der Waals surface area contributed by atoms with Gasteiger partial charge < -0.3 is 19.7 Å². The minimum Gasteiger partial charge on any atom is -0.458 e. The van der Waals surface area contributed by atoms with Crippen LogP contribution in [0.25, 0.3) is 0 Å². The summed E-state index contributed by atoms with van der Waals surface area (Å²) in [5.41, 5.74) is 3.11. The van der Waals surface area contributed by atoms with Crippen LogP contribution in [0.2, 0.25) is 0 Å². The number of hydrogen-bond donors (Lipinski definition) is 1. The summed E-state index contributed by atoms with van der Waals surface area (Å²) in [6.45, 7) is 3.20. The van der Waals surface area contributed by atoms with Crippen LogP contribution < -0.4 is 10.2 Å². The number of carbonyl (C=O) groups excluding carboxylic acids is 2. The van der Waals surface area contributed by atoms with Crippen molar-refractivity contribution in [3.63, 3.8) is 0 Å². The molecule has 4 rings (SSSR count). The van der Waals surface area contributed by atoms with Gasteiger partial charge in [0.1, 0.15) is 5.76 Å². The first-order chi connectivity index (χ1) is 12.6. The molecule has 0 aromatic heterocycles. The predicted molar refractivity (Wildman–Crippen MR) is 96.0 cm³/mol. The summed E-state index contributed by atoms with van der Waals surface area (Å²) in [4.78, 5) is 26.5. The molecule has 136 valence electrons. The summed E-state index contributed by atoms with van der Waals surface area (Å²) in [6.07, 6.45) is 3.86. The first-order valence-electron chi connectivity index (χ1n) is 8.93. The number of allylic oxidation sites excluding steroid dienone is 2. The van der Waals surface area contributed by atoms with Crippen LogP contribution in [0.1, 0.15) is 24.8 Å². The van der Waals surface area contributed by atoms with Crippen LogP contribution in [0.15, 0.2) is 47.4 Å². The molecule has 1 saturated heterocycles. The van der Waals surface area contributed by atoms with Gasteiger partial charge in [0, 0.05) is 31.6 Å². The molecule has 0 bridgehead atoms. The fraction of sp³-hybridized carbons (Fsp3) is 0.400. The Bertz CT molecular complexity index is 795. The van der Waals surface area contributed by atoms with Crippen LogP contribution in [0.5, 0.6) is 0 Å². The van der Waals surface area contributed by atoms with E-state index in [0.717, 1.165) is 41.2 Å². The van der Waals surface area contributed by atoms with E-state index in [4.69, 9.17) is 9.47 Å². The number of aryl methyl sites for hydroxylation is 1. The summed E-state index contributed by atoms with van der Waals surface area (Å²) < 4.78 is 10.8. The monoisotopic (exact) mass is 354 g/mol. The molecule has 2 amide bonds. The fourth-order valence-corrected chi connectivity index (χ4v) is 3.51. The third-order valence-electron chi connectivity index (χ3n) is 5.06. The molecule has 0 saturated carbocycles. The van der Waals surface area contributed by atoms with Crippen molar-refractivity contribution in [2.45, 2.75) is 26.2 Å². The van der Waals surface area contributed by atoms with E-state index in [1.165, 1.54) is 0 Å². The Morgan fingerprint density at radius 3 is 2.85 bits per heavy atom. The number of amides is 2. The average molecular weight is 354 g/mol. The van der Waals surface area contributed by atoms with E-state index in [0.29, 0.717) is 13.1 Å². The van der Waals surface area contributed by atoms with Crippen LogP contribution in [0.4, 0.5) is 5.69 Å². The summed E-state index contributed by atoms with van der Waals surface area (Å²) in [5, 5.41) is 2.97. The number of anilines is 1. The van der Waals surface area contributed by atoms with E-state index in [1.54, 1.807) is 4.90 Å². The van der Waals surface area contributed by atoms with Crippen molar-refractivity contribution in [2.24, 2.45) is 5.92 Å². The lowest BCUT2D eigenvalue weighted by atomic mass is 10.0. The summed E-state index contributed by atoms with van der Waals surface area (Å²) >= 11 is 0. The average Bonchev–Trinajstić information content (AvgIpc) is 3.26.